The van der Waals surface area contributed by atoms with Crippen LogP contribution in [0.2, 0.25) is 5.02 Å². The van der Waals surface area contributed by atoms with Crippen molar-refractivity contribution in [3.05, 3.63) is 47.2 Å². The monoisotopic (exact) mass is 337 g/mol. The molecule has 7 heteroatoms. The number of furan rings is 1. The van der Waals surface area contributed by atoms with Gasteiger partial charge in [0.25, 0.3) is 0 Å². The molecule has 22 heavy (non-hydrogen) atoms. The number of hydrogen-bond acceptors (Lipinski definition) is 5. The molecule has 0 bridgehead atoms. The molecule has 0 atom stereocenters. The van der Waals surface area contributed by atoms with Gasteiger partial charge in [-0.2, -0.15) is 5.10 Å². The summed E-state index contributed by atoms with van der Waals surface area (Å²) in [5.74, 6) is 1.40. The Bertz CT molecular complexity index is 653. The van der Waals surface area contributed by atoms with Gasteiger partial charge in [-0.3, -0.25) is 4.79 Å². The van der Waals surface area contributed by atoms with Gasteiger partial charge in [-0.15, -0.1) is 11.8 Å². The van der Waals surface area contributed by atoms with E-state index in [-0.39, 0.29) is 11.7 Å². The van der Waals surface area contributed by atoms with E-state index in [0.717, 1.165) is 10.8 Å². The molecular weight excluding hydrogens is 322 g/mol. The van der Waals surface area contributed by atoms with Crippen LogP contribution in [0.4, 0.5) is 5.88 Å². The van der Waals surface area contributed by atoms with E-state index in [4.69, 9.17) is 16.0 Å². The number of benzene rings is 1. The fraction of sp³-hybridized carbons (Fsp3) is 0.200. The normalized spacial score (nSPS) is 10.9. The lowest BCUT2D eigenvalue weighted by molar-refractivity contribution is -0.118. The first-order valence-electron chi connectivity index (χ1n) is 6.52. The molecule has 0 radical (unpaired) electrons. The summed E-state index contributed by atoms with van der Waals surface area (Å²) in [4.78, 5) is 14.5. The number of amides is 1. The summed E-state index contributed by atoms with van der Waals surface area (Å²) in [5.41, 5.74) is 2.46. The SMILES string of the molecule is CN(C)c1ccc(/C=N\NC(=O)CSc2ccc(Cl)cc2)o1. The lowest BCUT2D eigenvalue weighted by atomic mass is 10.4. The van der Waals surface area contributed by atoms with Crippen LogP contribution in [0.5, 0.6) is 0 Å². The van der Waals surface area contributed by atoms with Gasteiger partial charge in [0, 0.05) is 30.1 Å². The van der Waals surface area contributed by atoms with Crippen molar-refractivity contribution in [2.24, 2.45) is 5.10 Å². The van der Waals surface area contributed by atoms with E-state index in [1.54, 1.807) is 18.2 Å². The summed E-state index contributed by atoms with van der Waals surface area (Å²) in [7, 11) is 3.77. The molecule has 0 fully saturated rings. The molecule has 5 nitrogen and oxygen atoms in total. The van der Waals surface area contributed by atoms with E-state index in [1.165, 1.54) is 18.0 Å². The first kappa shape index (κ1) is 16.5. The van der Waals surface area contributed by atoms with Gasteiger partial charge >= 0.3 is 0 Å². The number of nitrogens with one attached hydrogen (secondary N) is 1. The quantitative estimate of drug-likeness (QED) is 0.499. The average Bonchev–Trinajstić information content (AvgIpc) is 2.96. The molecule has 1 aromatic heterocycles. The molecule has 1 heterocycles. The summed E-state index contributed by atoms with van der Waals surface area (Å²) in [6.45, 7) is 0. The van der Waals surface area contributed by atoms with Crippen LogP contribution in [0.15, 0.2) is 50.8 Å². The summed E-state index contributed by atoms with van der Waals surface area (Å²) in [6, 6.07) is 10.9. The van der Waals surface area contributed by atoms with Gasteiger partial charge in [0.15, 0.2) is 5.88 Å². The van der Waals surface area contributed by atoms with E-state index in [9.17, 15) is 4.79 Å². The Balaban J connectivity index is 1.77. The molecule has 1 aromatic carbocycles. The van der Waals surface area contributed by atoms with Gasteiger partial charge in [-0.1, -0.05) is 11.6 Å². The van der Waals surface area contributed by atoms with E-state index in [2.05, 4.69) is 10.5 Å². The Morgan fingerprint density at radius 1 is 1.32 bits per heavy atom. The zero-order chi connectivity index (χ0) is 15.9. The van der Waals surface area contributed by atoms with Gasteiger partial charge < -0.3 is 9.32 Å². The minimum absolute atomic E-state index is 0.185. The van der Waals surface area contributed by atoms with Crippen LogP contribution in [0.3, 0.4) is 0 Å². The zero-order valence-electron chi connectivity index (χ0n) is 12.2. The Morgan fingerprint density at radius 3 is 2.68 bits per heavy atom. The highest BCUT2D eigenvalue weighted by atomic mass is 35.5. The van der Waals surface area contributed by atoms with Crippen LogP contribution in [-0.4, -0.2) is 32.0 Å². The molecule has 116 valence electrons. The van der Waals surface area contributed by atoms with Crippen LogP contribution < -0.4 is 10.3 Å². The third-order valence-electron chi connectivity index (χ3n) is 2.62. The van der Waals surface area contributed by atoms with E-state index < -0.39 is 0 Å². The van der Waals surface area contributed by atoms with Crippen molar-refractivity contribution in [2.75, 3.05) is 24.7 Å². The Morgan fingerprint density at radius 2 is 2.05 bits per heavy atom. The van der Waals surface area contributed by atoms with Crippen molar-refractivity contribution in [3.8, 4) is 0 Å². The summed E-state index contributed by atoms with van der Waals surface area (Å²) >= 11 is 7.22. The molecule has 1 amide bonds. The van der Waals surface area contributed by atoms with Gasteiger partial charge in [-0.05, 0) is 30.3 Å². The van der Waals surface area contributed by atoms with Crippen LogP contribution in [0.25, 0.3) is 0 Å². The number of halogens is 1. The van der Waals surface area contributed by atoms with Gasteiger partial charge in [0.2, 0.25) is 5.91 Å². The molecule has 1 N–H and O–H groups in total. The molecule has 0 aliphatic heterocycles. The van der Waals surface area contributed by atoms with Gasteiger partial charge in [-0.25, -0.2) is 5.43 Å². The molecule has 0 saturated heterocycles. The van der Waals surface area contributed by atoms with Crippen molar-refractivity contribution < 1.29 is 9.21 Å². The van der Waals surface area contributed by atoms with Crippen molar-refractivity contribution in [3.63, 3.8) is 0 Å². The molecule has 0 aliphatic rings. The first-order valence-corrected chi connectivity index (χ1v) is 7.88. The van der Waals surface area contributed by atoms with Crippen LogP contribution in [0.1, 0.15) is 5.76 Å². The maximum atomic E-state index is 11.7. The van der Waals surface area contributed by atoms with Gasteiger partial charge in [0.1, 0.15) is 5.76 Å². The maximum absolute atomic E-state index is 11.7. The van der Waals surface area contributed by atoms with Crippen molar-refractivity contribution in [1.29, 1.82) is 0 Å². The molecule has 2 aromatic rings. The largest absolute Gasteiger partial charge is 0.440 e. The Kier molecular flexibility index (Phi) is 5.91. The van der Waals surface area contributed by atoms with Crippen molar-refractivity contribution in [2.45, 2.75) is 4.90 Å². The molecular formula is C15H16ClN3O2S. The van der Waals surface area contributed by atoms with E-state index in [0.29, 0.717) is 10.8 Å². The first-order chi connectivity index (χ1) is 10.5. The number of thioether (sulfide) groups is 1. The fourth-order valence-corrected chi connectivity index (χ4v) is 2.35. The smallest absolute Gasteiger partial charge is 0.250 e. The number of hydrogen-bond donors (Lipinski definition) is 1. The highest BCUT2D eigenvalue weighted by molar-refractivity contribution is 8.00. The lowest BCUT2D eigenvalue weighted by Gasteiger charge is -2.05. The predicted molar refractivity (Wildman–Crippen MR) is 90.9 cm³/mol. The number of hydrazone groups is 1. The van der Waals surface area contributed by atoms with Crippen LogP contribution in [-0.2, 0) is 4.79 Å². The highest BCUT2D eigenvalue weighted by Crippen LogP contribution is 2.19. The third-order valence-corrected chi connectivity index (χ3v) is 3.88. The maximum Gasteiger partial charge on any atom is 0.250 e. The number of rotatable bonds is 6. The van der Waals surface area contributed by atoms with Crippen molar-refractivity contribution >= 4 is 41.4 Å². The molecule has 0 spiro atoms. The summed E-state index contributed by atoms with van der Waals surface area (Å²) in [6.07, 6.45) is 1.47. The van der Waals surface area contributed by atoms with Gasteiger partial charge in [0.05, 0.1) is 12.0 Å². The molecule has 0 aliphatic carbocycles. The van der Waals surface area contributed by atoms with Crippen molar-refractivity contribution in [1.82, 2.24) is 5.43 Å². The third kappa shape index (κ3) is 5.13. The second-order valence-electron chi connectivity index (χ2n) is 4.61. The number of carbonyl (C=O) groups excluding carboxylic acids is 1. The second-order valence-corrected chi connectivity index (χ2v) is 6.09. The Labute approximate surface area is 138 Å². The van der Waals surface area contributed by atoms with E-state index in [1.807, 2.05) is 37.2 Å². The zero-order valence-corrected chi connectivity index (χ0v) is 13.8. The summed E-state index contributed by atoms with van der Waals surface area (Å²) < 4.78 is 5.47. The number of carbonyl (C=O) groups is 1. The molecule has 0 unspecified atom stereocenters. The van der Waals surface area contributed by atoms with Crippen LogP contribution >= 0.6 is 23.4 Å². The topological polar surface area (TPSA) is 57.8 Å². The standard InChI is InChI=1S/C15H16ClN3O2S/c1-19(2)15-8-5-12(21-15)9-17-18-14(20)10-22-13-6-3-11(16)4-7-13/h3-9H,10H2,1-2H3,(H,18,20)/b17-9-. The molecule has 2 rings (SSSR count). The average molecular weight is 338 g/mol. The lowest BCUT2D eigenvalue weighted by Crippen LogP contribution is -2.19. The fourth-order valence-electron chi connectivity index (χ4n) is 1.53. The second kappa shape index (κ2) is 7.91. The minimum Gasteiger partial charge on any atom is -0.440 e. The minimum atomic E-state index is -0.185. The Hall–Kier alpha value is -1.92. The molecule has 0 saturated carbocycles. The van der Waals surface area contributed by atoms with Crippen LogP contribution in [0, 0.1) is 0 Å². The number of anilines is 1. The summed E-state index contributed by atoms with van der Waals surface area (Å²) in [5, 5.41) is 4.54. The predicted octanol–water partition coefficient (Wildman–Crippen LogP) is 3.24. The number of nitrogens with zero attached hydrogens (tertiary/aromatic N) is 2. The van der Waals surface area contributed by atoms with E-state index >= 15 is 0 Å². The highest BCUT2D eigenvalue weighted by Gasteiger charge is 2.03.